The van der Waals surface area contributed by atoms with Gasteiger partial charge in [-0.25, -0.2) is 4.79 Å². The number of carbonyl (C=O) groups is 2. The third-order valence-corrected chi connectivity index (χ3v) is 4.81. The molecule has 5 nitrogen and oxygen atoms in total. The first kappa shape index (κ1) is 21.6. The van der Waals surface area contributed by atoms with Gasteiger partial charge in [0.15, 0.2) is 0 Å². The maximum atomic E-state index is 12.6. The van der Waals surface area contributed by atoms with E-state index in [1.54, 1.807) is 12.1 Å². The molecule has 0 aromatic heterocycles. The molecule has 0 saturated carbocycles. The van der Waals surface area contributed by atoms with Crippen molar-refractivity contribution in [2.45, 2.75) is 32.0 Å². The maximum Gasteiger partial charge on any atom is 0.389 e. The number of carbonyl (C=O) groups excluding carboxylic acids is 1. The fraction of sp³-hybridized carbons (Fsp3) is 0.529. The number of carboxylic acids is 1. The zero-order valence-corrected chi connectivity index (χ0v) is 15.8. The Bertz CT molecular complexity index is 700. The molecule has 2 rings (SSSR count). The van der Waals surface area contributed by atoms with Gasteiger partial charge in [0.25, 0.3) is 0 Å². The zero-order chi connectivity index (χ0) is 20.2. The van der Waals surface area contributed by atoms with Crippen molar-refractivity contribution in [2.24, 2.45) is 5.92 Å². The van der Waals surface area contributed by atoms with Crippen LogP contribution in [0.25, 0.3) is 0 Å². The Kier molecular flexibility index (Phi) is 7.22. The van der Waals surface area contributed by atoms with Gasteiger partial charge in [-0.2, -0.15) is 13.2 Å². The highest BCUT2D eigenvalue weighted by molar-refractivity contribution is 6.35. The number of aliphatic carboxylic acids is 1. The zero-order valence-electron chi connectivity index (χ0n) is 14.3. The molecule has 1 atom stereocenters. The average molecular weight is 427 g/mol. The van der Waals surface area contributed by atoms with Crippen molar-refractivity contribution in [1.82, 2.24) is 9.80 Å². The molecule has 1 aliphatic heterocycles. The van der Waals surface area contributed by atoms with Gasteiger partial charge >= 0.3 is 18.2 Å². The molecule has 10 heteroatoms. The second-order valence-corrected chi connectivity index (χ2v) is 7.37. The fourth-order valence-electron chi connectivity index (χ4n) is 3.06. The minimum absolute atomic E-state index is 0.0840. The third kappa shape index (κ3) is 6.77. The van der Waals surface area contributed by atoms with Crippen molar-refractivity contribution >= 4 is 35.2 Å². The summed E-state index contributed by atoms with van der Waals surface area (Å²) in [4.78, 5) is 26.4. The number of nitrogens with zero attached hydrogens (tertiary/aromatic N) is 2. The summed E-state index contributed by atoms with van der Waals surface area (Å²) in [7, 11) is 0. The van der Waals surface area contributed by atoms with Crippen LogP contribution in [0.2, 0.25) is 10.0 Å². The Hall–Kier alpha value is -1.67. The van der Waals surface area contributed by atoms with Crippen molar-refractivity contribution in [2.75, 3.05) is 19.6 Å². The highest BCUT2D eigenvalue weighted by atomic mass is 35.5. The van der Waals surface area contributed by atoms with E-state index in [9.17, 15) is 22.8 Å². The first-order valence-electron chi connectivity index (χ1n) is 8.31. The lowest BCUT2D eigenvalue weighted by Crippen LogP contribution is -2.53. The molecule has 0 spiro atoms. The van der Waals surface area contributed by atoms with E-state index in [2.05, 4.69) is 0 Å². The summed E-state index contributed by atoms with van der Waals surface area (Å²) < 4.78 is 37.1. The van der Waals surface area contributed by atoms with E-state index in [0.29, 0.717) is 15.6 Å². The van der Waals surface area contributed by atoms with Gasteiger partial charge in [-0.05, 0) is 24.1 Å². The number of halogens is 5. The summed E-state index contributed by atoms with van der Waals surface area (Å²) in [6.45, 7) is 0.355. The molecular weight excluding hydrogens is 408 g/mol. The van der Waals surface area contributed by atoms with Crippen LogP contribution in [0.5, 0.6) is 0 Å². The number of urea groups is 1. The molecular formula is C17H19Cl2F3N2O3. The largest absolute Gasteiger partial charge is 0.481 e. The summed E-state index contributed by atoms with van der Waals surface area (Å²) in [5.74, 6) is -1.40. The van der Waals surface area contributed by atoms with Crippen LogP contribution in [0.3, 0.4) is 0 Å². The van der Waals surface area contributed by atoms with Gasteiger partial charge in [0, 0.05) is 48.6 Å². The monoisotopic (exact) mass is 426 g/mol. The van der Waals surface area contributed by atoms with Gasteiger partial charge in [-0.15, -0.1) is 0 Å². The SMILES string of the molecule is O=C(O)CC1CN(CCCC(F)(F)F)C(=O)N(Cc2ccc(Cl)cc2Cl)C1. The number of hydrogen-bond donors (Lipinski definition) is 1. The molecule has 1 aromatic rings. The van der Waals surface area contributed by atoms with Gasteiger partial charge in [0.1, 0.15) is 0 Å². The molecule has 1 saturated heterocycles. The molecule has 0 aliphatic carbocycles. The number of carboxylic acid groups (broad SMARTS) is 1. The number of hydrogen-bond acceptors (Lipinski definition) is 2. The van der Waals surface area contributed by atoms with Crippen LogP contribution in [0, 0.1) is 5.92 Å². The molecule has 1 aliphatic rings. The van der Waals surface area contributed by atoms with Gasteiger partial charge in [0.05, 0.1) is 6.42 Å². The highest BCUT2D eigenvalue weighted by Gasteiger charge is 2.34. The van der Waals surface area contributed by atoms with Crippen molar-refractivity contribution in [3.05, 3.63) is 33.8 Å². The van der Waals surface area contributed by atoms with Crippen LogP contribution in [-0.2, 0) is 11.3 Å². The van der Waals surface area contributed by atoms with Crippen LogP contribution in [0.1, 0.15) is 24.8 Å². The lowest BCUT2D eigenvalue weighted by Gasteiger charge is -2.40. The van der Waals surface area contributed by atoms with Crippen LogP contribution in [0.15, 0.2) is 18.2 Å². The normalized spacial score (nSPS) is 18.1. The summed E-state index contributed by atoms with van der Waals surface area (Å²) in [5, 5.41) is 9.84. The maximum absolute atomic E-state index is 12.6. The predicted molar refractivity (Wildman–Crippen MR) is 94.9 cm³/mol. The molecule has 0 bridgehead atoms. The van der Waals surface area contributed by atoms with Crippen LogP contribution in [-0.4, -0.2) is 52.7 Å². The summed E-state index contributed by atoms with van der Waals surface area (Å²) >= 11 is 12.0. The molecule has 0 radical (unpaired) electrons. The number of amides is 2. The number of benzene rings is 1. The standard InChI is InChI=1S/C17H19Cl2F3N2O3/c18-13-3-2-12(14(19)7-13)10-24-9-11(6-15(25)26)8-23(16(24)27)5-1-4-17(20,21)22/h2-3,7,11H,1,4-6,8-10H2,(H,25,26). The molecule has 1 aromatic carbocycles. The van der Waals surface area contributed by atoms with E-state index >= 15 is 0 Å². The quantitative estimate of drug-likeness (QED) is 0.689. The molecule has 1 heterocycles. The summed E-state index contributed by atoms with van der Waals surface area (Å²) in [6, 6.07) is 4.38. The summed E-state index contributed by atoms with van der Waals surface area (Å²) in [5.41, 5.74) is 0.626. The fourth-order valence-corrected chi connectivity index (χ4v) is 3.53. The van der Waals surface area contributed by atoms with E-state index in [-0.39, 0.29) is 44.9 Å². The Labute approximate surface area is 164 Å². The first-order valence-corrected chi connectivity index (χ1v) is 9.07. The van der Waals surface area contributed by atoms with E-state index < -0.39 is 24.6 Å². The van der Waals surface area contributed by atoms with Gasteiger partial charge in [-0.3, -0.25) is 4.79 Å². The van der Waals surface area contributed by atoms with Gasteiger partial charge in [-0.1, -0.05) is 29.3 Å². The Morgan fingerprint density at radius 3 is 2.48 bits per heavy atom. The van der Waals surface area contributed by atoms with E-state index in [1.807, 2.05) is 0 Å². The van der Waals surface area contributed by atoms with Crippen molar-refractivity contribution < 1.29 is 27.9 Å². The van der Waals surface area contributed by atoms with Gasteiger partial charge < -0.3 is 14.9 Å². The van der Waals surface area contributed by atoms with Crippen LogP contribution >= 0.6 is 23.2 Å². The second-order valence-electron chi connectivity index (χ2n) is 6.53. The molecule has 1 fully saturated rings. The topological polar surface area (TPSA) is 60.9 Å². The minimum atomic E-state index is -4.30. The highest BCUT2D eigenvalue weighted by Crippen LogP contribution is 2.27. The van der Waals surface area contributed by atoms with Crippen molar-refractivity contribution in [3.63, 3.8) is 0 Å². The minimum Gasteiger partial charge on any atom is -0.481 e. The summed E-state index contributed by atoms with van der Waals surface area (Å²) in [6.07, 6.45) is -5.70. The number of rotatable bonds is 7. The number of alkyl halides is 3. The average Bonchev–Trinajstić information content (AvgIpc) is 2.52. The van der Waals surface area contributed by atoms with Gasteiger partial charge in [0.2, 0.25) is 0 Å². The van der Waals surface area contributed by atoms with E-state index in [0.717, 1.165) is 0 Å². The van der Waals surface area contributed by atoms with E-state index in [1.165, 1.54) is 15.9 Å². The molecule has 150 valence electrons. The first-order chi connectivity index (χ1) is 12.5. The smallest absolute Gasteiger partial charge is 0.389 e. The van der Waals surface area contributed by atoms with Crippen LogP contribution < -0.4 is 0 Å². The van der Waals surface area contributed by atoms with Crippen molar-refractivity contribution in [3.8, 4) is 0 Å². The Morgan fingerprint density at radius 2 is 1.89 bits per heavy atom. The molecule has 1 N–H and O–H groups in total. The van der Waals surface area contributed by atoms with E-state index in [4.69, 9.17) is 28.3 Å². The molecule has 1 unspecified atom stereocenters. The molecule has 27 heavy (non-hydrogen) atoms. The second kappa shape index (κ2) is 9.01. The van der Waals surface area contributed by atoms with Crippen molar-refractivity contribution in [1.29, 1.82) is 0 Å². The molecule has 2 amide bonds. The predicted octanol–water partition coefficient (Wildman–Crippen LogP) is 4.66. The lowest BCUT2D eigenvalue weighted by atomic mass is 10.0. The third-order valence-electron chi connectivity index (χ3n) is 4.23. The Balaban J connectivity index is 2.11. The van der Waals surface area contributed by atoms with Crippen LogP contribution in [0.4, 0.5) is 18.0 Å². The Morgan fingerprint density at radius 1 is 1.22 bits per heavy atom. The lowest BCUT2D eigenvalue weighted by molar-refractivity contribution is -0.138.